The number of Topliss-reactive ketones (excluding diaryl/α,β-unsaturated/α-hetero) is 1. The third-order valence-corrected chi connectivity index (χ3v) is 25.1. The largest absolute Gasteiger partial charge is 0.444 e. The number of halogens is 7. The van der Waals surface area contributed by atoms with Crippen LogP contribution < -0.4 is 41.3 Å². The molecule has 115 heavy (non-hydrogen) atoms. The van der Waals surface area contributed by atoms with Crippen molar-refractivity contribution in [2.45, 2.75) is 180 Å². The van der Waals surface area contributed by atoms with Crippen LogP contribution in [0.25, 0.3) is 0 Å². The van der Waals surface area contributed by atoms with Gasteiger partial charge in [0.2, 0.25) is 35.4 Å². The van der Waals surface area contributed by atoms with Gasteiger partial charge in [0.25, 0.3) is 17.7 Å². The Hall–Kier alpha value is -9.19. The lowest BCUT2D eigenvalue weighted by Gasteiger charge is -2.61. The van der Waals surface area contributed by atoms with Gasteiger partial charge in [0.1, 0.15) is 69.6 Å². The molecule has 3 aromatic carbocycles. The predicted octanol–water partition coefficient (Wildman–Crippen LogP) is 4.99. The highest BCUT2D eigenvalue weighted by molar-refractivity contribution is 6.08. The Bertz CT molecular complexity index is 4500. The zero-order chi connectivity index (χ0) is 81.2. The number of ketones is 1. The summed E-state index contributed by atoms with van der Waals surface area (Å²) in [7, 11) is 0. The van der Waals surface area contributed by atoms with Gasteiger partial charge in [-0.3, -0.25) is 73.7 Å². The first-order valence-corrected chi connectivity index (χ1v) is 39.5. The molecule has 12 heterocycles. The Morgan fingerprint density at radius 3 is 1.03 bits per heavy atom. The molecule has 36 heteroatoms. The Kier molecular flexibility index (Phi) is 22.4. The Labute approximate surface area is 666 Å². The summed E-state index contributed by atoms with van der Waals surface area (Å²) in [6, 6.07) is 1.60. The number of amides is 11. The lowest BCUT2D eigenvalue weighted by molar-refractivity contribution is -0.144. The van der Waals surface area contributed by atoms with Crippen LogP contribution in [-0.4, -0.2) is 265 Å². The lowest BCUT2D eigenvalue weighted by Crippen LogP contribution is -2.69. The fourth-order valence-corrected chi connectivity index (χ4v) is 19.1. The second-order valence-corrected chi connectivity index (χ2v) is 35.4. The van der Waals surface area contributed by atoms with E-state index < -0.39 is 111 Å². The summed E-state index contributed by atoms with van der Waals surface area (Å²) in [6.07, 6.45) is 5.97. The molecule has 3 aliphatic carbocycles. The van der Waals surface area contributed by atoms with Crippen molar-refractivity contribution in [1.82, 2.24) is 60.9 Å². The van der Waals surface area contributed by atoms with E-state index in [0.717, 1.165) is 57.2 Å². The van der Waals surface area contributed by atoms with Crippen LogP contribution in [0.1, 0.15) is 166 Å². The van der Waals surface area contributed by atoms with E-state index in [9.17, 15) is 61.9 Å². The molecule has 3 spiro atoms. The van der Waals surface area contributed by atoms with Gasteiger partial charge in [0.15, 0.2) is 17.5 Å². The molecule has 622 valence electrons. The second kappa shape index (κ2) is 31.4. The standard InChI is InChI=1S/C28H35F2N5O5.C23H27F2N5O3.C17H18F2N4O3.C11H17NO3.ClH/c1-27(2,3)40-26(39)34-14-28(15-34)11-16(12-28)32-6-8-33(9-7-32)23-19(29)10-17-18(22(23)30)13-35(25(17)38)20-4-5-21(36)31-24(20)37;24-16-7-14-15(10-30(22(14)33)17-1-2-18(31)27-21(17)32)19(25)20(16)29-5-3-28(4-6-29)13-8-23(9-13)11-26-12-23;18-11-7-9-10(14(19)15(11)22-5-3-20-4-6-22)8-23(17(9)26)12-1-2-13(24)21-16(12)25;1-10(2,3)15-9(14)12-6-11(7-12)4-8(13)5-11;/h10,16,20H,4-9,11-15H2,1-3H3,(H,31,36,37);7,13,17,26H,1-6,8-12H2,(H,27,31,32);7,12,20H,1-6,8H2,(H,21,24,25);4-7H2,1-3H3;1H. The maximum absolute atomic E-state index is 15.7. The van der Waals surface area contributed by atoms with Gasteiger partial charge >= 0.3 is 12.2 Å². The van der Waals surface area contributed by atoms with E-state index in [1.54, 1.807) is 24.5 Å². The Balaban J connectivity index is 0.000000132. The number of piperidine rings is 3. The molecule has 0 radical (unpaired) electrons. The summed E-state index contributed by atoms with van der Waals surface area (Å²) in [4.78, 5) is 161. The molecule has 3 unspecified atom stereocenters. The van der Waals surface area contributed by atoms with Crippen molar-refractivity contribution < 1.29 is 93.4 Å². The van der Waals surface area contributed by atoms with E-state index in [2.05, 4.69) is 36.4 Å². The molecule has 5 N–H and O–H groups in total. The quantitative estimate of drug-likeness (QED) is 0.146. The first-order valence-electron chi connectivity index (χ1n) is 39.5. The van der Waals surface area contributed by atoms with E-state index in [-0.39, 0.29) is 150 Å². The molecule has 3 atom stereocenters. The number of nitrogens with one attached hydrogen (secondary N) is 5. The highest BCUT2D eigenvalue weighted by Crippen LogP contribution is 2.52. The van der Waals surface area contributed by atoms with Crippen molar-refractivity contribution in [3.63, 3.8) is 0 Å². The van der Waals surface area contributed by atoms with Gasteiger partial charge in [-0.15, -0.1) is 12.4 Å². The third-order valence-electron chi connectivity index (χ3n) is 25.1. The molecule has 29 nitrogen and oxygen atoms in total. The number of anilines is 3. The van der Waals surface area contributed by atoms with Crippen molar-refractivity contribution in [1.29, 1.82) is 0 Å². The van der Waals surface area contributed by atoms with Crippen molar-refractivity contribution in [2.75, 3.05) is 133 Å². The number of nitrogens with zero attached hydrogens (tertiary/aromatic N) is 10. The monoisotopic (exact) mass is 1630 g/mol. The van der Waals surface area contributed by atoms with E-state index in [4.69, 9.17) is 9.47 Å². The number of carbonyl (C=O) groups excluding carboxylic acids is 12. The highest BCUT2D eigenvalue weighted by Gasteiger charge is 2.58. The summed E-state index contributed by atoms with van der Waals surface area (Å²) in [6.45, 7) is 22.8. The Morgan fingerprint density at radius 1 is 0.426 bits per heavy atom. The van der Waals surface area contributed by atoms with Gasteiger partial charge in [-0.1, -0.05) is 0 Å². The molecular weight excluding hydrogens is 1530 g/mol. The van der Waals surface area contributed by atoms with Crippen LogP contribution in [0.4, 0.5) is 53.0 Å². The Morgan fingerprint density at radius 2 is 0.739 bits per heavy atom. The smallest absolute Gasteiger partial charge is 0.410 e. The number of benzene rings is 3. The molecule has 3 aromatic rings. The predicted molar refractivity (Wildman–Crippen MR) is 403 cm³/mol. The molecule has 15 aliphatic rings. The maximum atomic E-state index is 15.7. The average molecular weight is 1630 g/mol. The van der Waals surface area contributed by atoms with Crippen molar-refractivity contribution in [3.05, 3.63) is 86.5 Å². The van der Waals surface area contributed by atoms with Crippen LogP contribution in [0.3, 0.4) is 0 Å². The van der Waals surface area contributed by atoms with Crippen molar-refractivity contribution >= 4 is 101 Å². The molecule has 3 saturated carbocycles. The van der Waals surface area contributed by atoms with Gasteiger partial charge < -0.3 is 59.3 Å². The SMILES string of the molecule is CC(C)(C)OC(=O)N1CC2(CC(=O)C2)C1.CC(C)(C)OC(=O)N1CC2(CC(N3CCN(c4c(F)cc5c(c4F)CN(C4CCC(=O)NC4=O)C5=O)CC3)C2)C1.Cl.O=C1CCC(N2Cc3c(cc(F)c(N4CCN(C5CC6(CNC6)C5)CC4)c3F)C2=O)C(=O)N1.O=C1CCC(N2Cc3c(cc(F)c(N4CCNCC4)c3F)C2=O)C(=O)N1. The molecular formula is C79H98ClF6N15O14. The van der Waals surface area contributed by atoms with Crippen LogP contribution >= 0.6 is 12.4 Å². The second-order valence-electron chi connectivity index (χ2n) is 35.4. The summed E-state index contributed by atoms with van der Waals surface area (Å²) >= 11 is 0. The number of likely N-dealkylation sites (tertiary alicyclic amines) is 2. The zero-order valence-electron chi connectivity index (χ0n) is 65.3. The normalized spacial score (nSPS) is 25.4. The fraction of sp³-hybridized carbons (Fsp3) is 0.620. The van der Waals surface area contributed by atoms with Crippen LogP contribution in [0, 0.1) is 51.1 Å². The van der Waals surface area contributed by atoms with Crippen molar-refractivity contribution in [3.8, 4) is 0 Å². The average Bonchev–Trinajstić information content (AvgIpc) is 1.70. The molecule has 9 saturated heterocycles. The summed E-state index contributed by atoms with van der Waals surface area (Å²) in [5.41, 5.74) is -0.358. The molecule has 12 fully saturated rings. The number of piperazine rings is 3. The first kappa shape index (κ1) is 82.3. The van der Waals surface area contributed by atoms with Crippen LogP contribution in [0.15, 0.2) is 18.2 Å². The van der Waals surface area contributed by atoms with Gasteiger partial charge in [-0.05, 0) is 110 Å². The maximum Gasteiger partial charge on any atom is 0.410 e. The lowest BCUT2D eigenvalue weighted by atomic mass is 9.60. The van der Waals surface area contributed by atoms with Gasteiger partial charge in [0.05, 0.1) is 36.3 Å². The van der Waals surface area contributed by atoms with E-state index in [0.29, 0.717) is 128 Å². The number of rotatable bonds is 8. The number of fused-ring (bicyclic) bond motifs is 3. The van der Waals surface area contributed by atoms with Gasteiger partial charge in [0, 0.05) is 190 Å². The fourth-order valence-electron chi connectivity index (χ4n) is 19.1. The van der Waals surface area contributed by atoms with Crippen molar-refractivity contribution in [2.24, 2.45) is 16.2 Å². The number of ether oxygens (including phenoxy) is 2. The number of hydrogen-bond donors (Lipinski definition) is 5. The van der Waals surface area contributed by atoms with E-state index in [1.165, 1.54) is 27.5 Å². The molecule has 18 rings (SSSR count). The highest BCUT2D eigenvalue weighted by atomic mass is 35.5. The number of carbonyl (C=O) groups is 12. The minimum atomic E-state index is -0.885. The summed E-state index contributed by atoms with van der Waals surface area (Å²) in [5, 5.41) is 13.1. The summed E-state index contributed by atoms with van der Waals surface area (Å²) < 4.78 is 102. The molecule has 11 amide bonds. The van der Waals surface area contributed by atoms with Gasteiger partial charge in [-0.2, -0.15) is 0 Å². The third kappa shape index (κ3) is 16.2. The number of hydrogen-bond acceptors (Lipinski definition) is 21. The molecule has 12 aliphatic heterocycles. The topological polar surface area (TPSA) is 316 Å². The molecule has 0 bridgehead atoms. The van der Waals surface area contributed by atoms with Crippen LogP contribution in [0.5, 0.6) is 0 Å². The van der Waals surface area contributed by atoms with Crippen LogP contribution in [-0.2, 0) is 62.7 Å². The van der Waals surface area contributed by atoms with Gasteiger partial charge in [-0.25, -0.2) is 35.9 Å². The number of imide groups is 3. The van der Waals surface area contributed by atoms with E-state index >= 15 is 22.0 Å². The van der Waals surface area contributed by atoms with Crippen LogP contribution in [0.2, 0.25) is 0 Å². The minimum absolute atomic E-state index is 0. The summed E-state index contributed by atoms with van der Waals surface area (Å²) in [5.74, 6) is -8.90. The zero-order valence-corrected chi connectivity index (χ0v) is 66.1. The first-order chi connectivity index (χ1) is 54.0. The van der Waals surface area contributed by atoms with E-state index in [1.807, 2.05) is 41.5 Å². The minimum Gasteiger partial charge on any atom is -0.444 e. The molecule has 0 aromatic heterocycles.